The summed E-state index contributed by atoms with van der Waals surface area (Å²) in [5, 5.41) is 10.6. The van der Waals surface area contributed by atoms with Crippen LogP contribution in [0.5, 0.6) is 0 Å². The van der Waals surface area contributed by atoms with E-state index in [2.05, 4.69) is 25.5 Å². The zero-order valence-corrected chi connectivity index (χ0v) is 14.1. The third-order valence-corrected chi connectivity index (χ3v) is 3.53. The molecule has 3 aromatic rings. The van der Waals surface area contributed by atoms with Crippen molar-refractivity contribution in [2.45, 2.75) is 6.92 Å². The highest BCUT2D eigenvalue weighted by Crippen LogP contribution is 2.20. The molecule has 2 heterocycles. The minimum atomic E-state index is -0.460. The maximum Gasteiger partial charge on any atom is 0.337 e. The van der Waals surface area contributed by atoms with E-state index in [1.807, 2.05) is 13.0 Å². The molecule has 1 amide bonds. The van der Waals surface area contributed by atoms with Crippen LogP contribution in [0.4, 0.5) is 0 Å². The van der Waals surface area contributed by atoms with Gasteiger partial charge in [0.15, 0.2) is 11.5 Å². The number of hydrogen-bond donors (Lipinski definition) is 2. The van der Waals surface area contributed by atoms with Crippen LogP contribution < -0.4 is 5.43 Å². The molecule has 1 aromatic carbocycles. The van der Waals surface area contributed by atoms with Gasteiger partial charge in [-0.05, 0) is 36.8 Å². The Morgan fingerprint density at radius 1 is 1.23 bits per heavy atom. The zero-order chi connectivity index (χ0) is 18.5. The van der Waals surface area contributed by atoms with Crippen LogP contribution >= 0.6 is 0 Å². The van der Waals surface area contributed by atoms with Crippen molar-refractivity contribution < 1.29 is 18.7 Å². The summed E-state index contributed by atoms with van der Waals surface area (Å²) in [6.45, 7) is 1.83. The number of aromatic amines is 1. The van der Waals surface area contributed by atoms with Crippen LogP contribution in [-0.4, -0.2) is 35.4 Å². The zero-order valence-electron chi connectivity index (χ0n) is 14.1. The van der Waals surface area contributed by atoms with Crippen LogP contribution in [0.3, 0.4) is 0 Å². The van der Waals surface area contributed by atoms with Gasteiger partial charge in [0.2, 0.25) is 0 Å². The first-order valence-electron chi connectivity index (χ1n) is 7.71. The second kappa shape index (κ2) is 7.47. The number of hydrogen-bond acceptors (Lipinski definition) is 6. The van der Waals surface area contributed by atoms with Crippen LogP contribution in [0.1, 0.15) is 32.2 Å². The van der Waals surface area contributed by atoms with Crippen molar-refractivity contribution in [1.82, 2.24) is 15.6 Å². The molecule has 132 valence electrons. The number of nitrogens with zero attached hydrogens (tertiary/aromatic N) is 2. The number of furan rings is 1. The first-order chi connectivity index (χ1) is 12.6. The van der Waals surface area contributed by atoms with Crippen LogP contribution in [0, 0.1) is 6.92 Å². The van der Waals surface area contributed by atoms with Gasteiger partial charge in [-0.3, -0.25) is 9.89 Å². The summed E-state index contributed by atoms with van der Waals surface area (Å²) in [6, 6.07) is 11.8. The first-order valence-corrected chi connectivity index (χ1v) is 7.71. The highest BCUT2D eigenvalue weighted by molar-refractivity contribution is 5.94. The molecular weight excluding hydrogens is 336 g/mol. The van der Waals surface area contributed by atoms with Gasteiger partial charge in [-0.25, -0.2) is 10.2 Å². The number of H-pyrrole nitrogens is 1. The minimum Gasteiger partial charge on any atom is -0.465 e. The van der Waals surface area contributed by atoms with Crippen molar-refractivity contribution in [3.05, 3.63) is 65.0 Å². The number of esters is 1. The normalized spacial score (nSPS) is 10.8. The van der Waals surface area contributed by atoms with Crippen molar-refractivity contribution >= 4 is 18.1 Å². The van der Waals surface area contributed by atoms with E-state index >= 15 is 0 Å². The molecule has 0 spiro atoms. The lowest BCUT2D eigenvalue weighted by Gasteiger charge is -1.99. The number of ether oxygens (including phenoxy) is 1. The van der Waals surface area contributed by atoms with E-state index in [4.69, 9.17) is 4.42 Å². The fourth-order valence-electron chi connectivity index (χ4n) is 2.19. The van der Waals surface area contributed by atoms with E-state index in [1.54, 1.807) is 36.4 Å². The number of methoxy groups -OCH3 is 1. The van der Waals surface area contributed by atoms with Crippen molar-refractivity contribution in [2.75, 3.05) is 7.11 Å². The summed E-state index contributed by atoms with van der Waals surface area (Å²) >= 11 is 0. The molecule has 2 N–H and O–H groups in total. The van der Waals surface area contributed by atoms with E-state index in [0.717, 1.165) is 5.76 Å². The Balaban J connectivity index is 1.61. The molecule has 3 rings (SSSR count). The Hall–Kier alpha value is -3.68. The van der Waals surface area contributed by atoms with Gasteiger partial charge in [0.1, 0.15) is 11.5 Å². The highest BCUT2D eigenvalue weighted by atomic mass is 16.5. The van der Waals surface area contributed by atoms with E-state index in [1.165, 1.54) is 13.3 Å². The number of carbonyl (C=O) groups is 2. The third-order valence-electron chi connectivity index (χ3n) is 3.53. The minimum absolute atomic E-state index is 0.187. The van der Waals surface area contributed by atoms with Gasteiger partial charge in [0, 0.05) is 6.07 Å². The quantitative estimate of drug-likeness (QED) is 0.416. The van der Waals surface area contributed by atoms with Crippen molar-refractivity contribution in [3.63, 3.8) is 0 Å². The topological polar surface area (TPSA) is 110 Å². The number of hydrazone groups is 1. The van der Waals surface area contributed by atoms with Gasteiger partial charge in [-0.1, -0.05) is 12.1 Å². The van der Waals surface area contributed by atoms with Crippen LogP contribution in [0.2, 0.25) is 0 Å². The second-order valence-corrected chi connectivity index (χ2v) is 5.39. The highest BCUT2D eigenvalue weighted by Gasteiger charge is 2.12. The maximum atomic E-state index is 12.1. The van der Waals surface area contributed by atoms with E-state index < -0.39 is 11.9 Å². The Bertz CT molecular complexity index is 954. The number of amides is 1. The molecule has 8 nitrogen and oxygen atoms in total. The van der Waals surface area contributed by atoms with Gasteiger partial charge in [-0.15, -0.1) is 0 Å². The van der Waals surface area contributed by atoms with Crippen molar-refractivity contribution in [1.29, 1.82) is 0 Å². The number of aromatic nitrogens is 2. The van der Waals surface area contributed by atoms with Crippen LogP contribution in [0.15, 0.2) is 52.0 Å². The average molecular weight is 352 g/mol. The number of nitrogens with one attached hydrogen (secondary N) is 2. The Morgan fingerprint density at radius 2 is 2.00 bits per heavy atom. The summed E-state index contributed by atoms with van der Waals surface area (Å²) < 4.78 is 10.1. The van der Waals surface area contributed by atoms with E-state index in [-0.39, 0.29) is 5.69 Å². The lowest BCUT2D eigenvalue weighted by Crippen LogP contribution is -2.18. The second-order valence-electron chi connectivity index (χ2n) is 5.39. The number of benzene rings is 1. The van der Waals surface area contributed by atoms with Crippen molar-refractivity contribution in [2.24, 2.45) is 5.10 Å². The predicted molar refractivity (Wildman–Crippen MR) is 93.9 cm³/mol. The van der Waals surface area contributed by atoms with Gasteiger partial charge >= 0.3 is 5.97 Å². The number of carbonyl (C=O) groups excluding carboxylic acids is 2. The fourth-order valence-corrected chi connectivity index (χ4v) is 2.19. The van der Waals surface area contributed by atoms with Crippen molar-refractivity contribution in [3.8, 4) is 11.5 Å². The molecule has 2 aromatic heterocycles. The first kappa shape index (κ1) is 17.2. The number of rotatable bonds is 5. The molecule has 8 heteroatoms. The largest absolute Gasteiger partial charge is 0.465 e. The summed E-state index contributed by atoms with van der Waals surface area (Å²) in [5.74, 6) is 0.493. The third kappa shape index (κ3) is 3.86. The summed E-state index contributed by atoms with van der Waals surface area (Å²) in [5.41, 5.74) is 4.33. The maximum absolute atomic E-state index is 12.1. The standard InChI is InChI=1S/C18H16N4O4/c1-11-3-8-16(26-11)14-9-15(21-20-14)17(23)22-19-10-12-4-6-13(7-5-12)18(24)25-2/h3-10H,1-2H3,(H,20,21)(H,22,23)/b19-10+. The molecule has 0 unspecified atom stereocenters. The lowest BCUT2D eigenvalue weighted by molar-refractivity contribution is 0.0600. The SMILES string of the molecule is COC(=O)c1ccc(/C=N/NC(=O)c2cc(-c3ccc(C)o3)[nH]n2)cc1. The predicted octanol–water partition coefficient (Wildman–Crippen LogP) is 2.53. The average Bonchev–Trinajstić information content (AvgIpc) is 3.30. The summed E-state index contributed by atoms with van der Waals surface area (Å²) in [6.07, 6.45) is 1.46. The molecule has 0 fully saturated rings. The Morgan fingerprint density at radius 3 is 2.65 bits per heavy atom. The molecule has 0 aliphatic heterocycles. The molecule has 0 aliphatic carbocycles. The number of aryl methyl sites for hydroxylation is 1. The Labute approximate surface area is 148 Å². The fraction of sp³-hybridized carbons (Fsp3) is 0.111. The van der Waals surface area contributed by atoms with Gasteiger partial charge in [0.25, 0.3) is 5.91 Å². The lowest BCUT2D eigenvalue weighted by atomic mass is 10.1. The van der Waals surface area contributed by atoms with E-state index in [0.29, 0.717) is 22.6 Å². The smallest absolute Gasteiger partial charge is 0.337 e. The molecule has 0 saturated heterocycles. The molecule has 26 heavy (non-hydrogen) atoms. The molecule has 0 atom stereocenters. The monoisotopic (exact) mass is 352 g/mol. The summed E-state index contributed by atoms with van der Waals surface area (Å²) in [4.78, 5) is 23.4. The molecular formula is C18H16N4O4. The van der Waals surface area contributed by atoms with E-state index in [9.17, 15) is 9.59 Å². The Kier molecular flexibility index (Phi) is 4.93. The van der Waals surface area contributed by atoms with Crippen LogP contribution in [-0.2, 0) is 4.74 Å². The molecule has 0 saturated carbocycles. The van der Waals surface area contributed by atoms with Gasteiger partial charge in [-0.2, -0.15) is 10.2 Å². The molecule has 0 aliphatic rings. The molecule has 0 bridgehead atoms. The molecule has 0 radical (unpaired) electrons. The van der Waals surface area contributed by atoms with Crippen LogP contribution in [0.25, 0.3) is 11.5 Å². The van der Waals surface area contributed by atoms with Gasteiger partial charge < -0.3 is 9.15 Å². The van der Waals surface area contributed by atoms with Gasteiger partial charge in [0.05, 0.1) is 18.9 Å². The summed E-state index contributed by atoms with van der Waals surface area (Å²) in [7, 11) is 1.32.